The van der Waals surface area contributed by atoms with Crippen molar-refractivity contribution < 1.29 is 14.3 Å². The van der Waals surface area contributed by atoms with Crippen LogP contribution in [-0.4, -0.2) is 24.5 Å². The van der Waals surface area contributed by atoms with Gasteiger partial charge < -0.3 is 15.4 Å². The molecule has 0 bridgehead atoms. The zero-order valence-electron chi connectivity index (χ0n) is 7.74. The van der Waals surface area contributed by atoms with Crippen LogP contribution >= 0.6 is 12.6 Å². The summed E-state index contributed by atoms with van der Waals surface area (Å²) in [4.78, 5) is 22.1. The lowest BCUT2D eigenvalue weighted by molar-refractivity contribution is -0.140. The molecule has 1 heterocycles. The molecule has 1 unspecified atom stereocenters. The van der Waals surface area contributed by atoms with Crippen molar-refractivity contribution in [2.24, 2.45) is 0 Å². The summed E-state index contributed by atoms with van der Waals surface area (Å²) in [7, 11) is 1.32. The third kappa shape index (κ3) is 2.95. The normalized spacial score (nSPS) is 20.6. The number of carbonyl (C=O) groups excluding carboxylic acids is 2. The molecule has 2 N–H and O–H groups in total. The van der Waals surface area contributed by atoms with Gasteiger partial charge in [0, 0.05) is 18.2 Å². The zero-order valence-corrected chi connectivity index (χ0v) is 8.64. The predicted molar refractivity (Wildman–Crippen MR) is 53.4 cm³/mol. The molecule has 6 heteroatoms. The number of amides is 1. The fourth-order valence-corrected chi connectivity index (χ4v) is 1.22. The molecular weight excluding hydrogens is 204 g/mol. The molecule has 0 aromatic heterocycles. The maximum atomic E-state index is 11.3. The van der Waals surface area contributed by atoms with Crippen LogP contribution in [0.15, 0.2) is 11.8 Å². The summed E-state index contributed by atoms with van der Waals surface area (Å²) in [5, 5.41) is 5.39. The molecule has 0 aromatic rings. The highest BCUT2D eigenvalue weighted by Crippen LogP contribution is 2.09. The zero-order chi connectivity index (χ0) is 10.6. The number of rotatable bonds is 3. The predicted octanol–water partition coefficient (Wildman–Crippen LogP) is -0.244. The molecule has 1 atom stereocenters. The summed E-state index contributed by atoms with van der Waals surface area (Å²) >= 11 is 4.01. The molecule has 14 heavy (non-hydrogen) atoms. The van der Waals surface area contributed by atoms with E-state index in [0.717, 1.165) is 0 Å². The van der Waals surface area contributed by atoms with Crippen LogP contribution in [0.5, 0.6) is 0 Å². The molecule has 78 valence electrons. The Bertz CT molecular complexity index is 278. The van der Waals surface area contributed by atoms with Crippen LogP contribution in [0.2, 0.25) is 0 Å². The first kappa shape index (κ1) is 10.9. The maximum Gasteiger partial charge on any atom is 0.305 e. The summed E-state index contributed by atoms with van der Waals surface area (Å²) in [5.74, 6) is -0.528. The van der Waals surface area contributed by atoms with E-state index < -0.39 is 0 Å². The van der Waals surface area contributed by atoms with Gasteiger partial charge in [-0.2, -0.15) is 0 Å². The SMILES string of the molecule is COC(=O)CCC1=CNC(S)NC1=O. The Kier molecular flexibility index (Phi) is 3.82. The molecule has 0 radical (unpaired) electrons. The van der Waals surface area contributed by atoms with E-state index in [0.29, 0.717) is 12.0 Å². The number of esters is 1. The molecule has 0 aromatic carbocycles. The standard InChI is InChI=1S/C8H12N2O3S/c1-13-6(11)3-2-5-4-9-8(14)10-7(5)12/h4,8-9,14H,2-3H2,1H3,(H,10,12). The first-order valence-corrected chi connectivity index (χ1v) is 4.66. The summed E-state index contributed by atoms with van der Waals surface area (Å²) in [6.45, 7) is 0. The molecule has 1 amide bonds. The Morgan fingerprint density at radius 3 is 3.00 bits per heavy atom. The number of thiol groups is 1. The van der Waals surface area contributed by atoms with Crippen LogP contribution in [0.25, 0.3) is 0 Å². The molecule has 0 saturated carbocycles. The third-order valence-corrected chi connectivity index (χ3v) is 2.08. The van der Waals surface area contributed by atoms with Crippen molar-refractivity contribution >= 4 is 24.5 Å². The van der Waals surface area contributed by atoms with E-state index in [1.54, 1.807) is 6.20 Å². The Hall–Kier alpha value is -1.17. The summed E-state index contributed by atoms with van der Waals surface area (Å²) in [6.07, 6.45) is 2.14. The second-order valence-corrected chi connectivity index (χ2v) is 3.30. The fraction of sp³-hybridized carbons (Fsp3) is 0.500. The van der Waals surface area contributed by atoms with Crippen LogP contribution < -0.4 is 10.6 Å². The molecule has 1 aliphatic rings. The van der Waals surface area contributed by atoms with Crippen molar-refractivity contribution in [2.75, 3.05) is 7.11 Å². The van der Waals surface area contributed by atoms with Gasteiger partial charge in [0.25, 0.3) is 5.91 Å². The number of methoxy groups -OCH3 is 1. The number of carbonyl (C=O) groups is 2. The molecule has 0 spiro atoms. The lowest BCUT2D eigenvalue weighted by atomic mass is 10.1. The van der Waals surface area contributed by atoms with E-state index in [4.69, 9.17) is 0 Å². The van der Waals surface area contributed by atoms with Gasteiger partial charge in [0.15, 0.2) is 0 Å². The van der Waals surface area contributed by atoms with E-state index >= 15 is 0 Å². The highest BCUT2D eigenvalue weighted by molar-refractivity contribution is 7.80. The Balaban J connectivity index is 2.44. The molecule has 0 saturated heterocycles. The van der Waals surface area contributed by atoms with Crippen LogP contribution in [-0.2, 0) is 14.3 Å². The van der Waals surface area contributed by atoms with Gasteiger partial charge in [-0.25, -0.2) is 0 Å². The van der Waals surface area contributed by atoms with Crippen LogP contribution in [0, 0.1) is 0 Å². The minimum atomic E-state index is -0.357. The van der Waals surface area contributed by atoms with Crippen molar-refractivity contribution in [3.8, 4) is 0 Å². The van der Waals surface area contributed by atoms with Gasteiger partial charge in [0.1, 0.15) is 5.50 Å². The average molecular weight is 216 g/mol. The minimum absolute atomic E-state index is 0.201. The molecular formula is C8H12N2O3S. The maximum absolute atomic E-state index is 11.3. The van der Waals surface area contributed by atoms with E-state index in [1.165, 1.54) is 7.11 Å². The van der Waals surface area contributed by atoms with Crippen molar-refractivity contribution in [2.45, 2.75) is 18.3 Å². The average Bonchev–Trinajstić information content (AvgIpc) is 2.16. The molecule has 1 aliphatic heterocycles. The quantitative estimate of drug-likeness (QED) is 0.450. The highest BCUT2D eigenvalue weighted by atomic mass is 32.1. The van der Waals surface area contributed by atoms with Gasteiger partial charge in [0.05, 0.1) is 7.11 Å². The van der Waals surface area contributed by atoms with Crippen molar-refractivity contribution in [3.63, 3.8) is 0 Å². The monoisotopic (exact) mass is 216 g/mol. The third-order valence-electron chi connectivity index (χ3n) is 1.80. The summed E-state index contributed by atoms with van der Waals surface area (Å²) in [6, 6.07) is 0. The van der Waals surface area contributed by atoms with Gasteiger partial charge in [-0.3, -0.25) is 9.59 Å². The molecule has 5 nitrogen and oxygen atoms in total. The second kappa shape index (κ2) is 4.90. The summed E-state index contributed by atoms with van der Waals surface area (Å²) in [5.41, 5.74) is 0.171. The number of hydrogen-bond donors (Lipinski definition) is 3. The second-order valence-electron chi connectivity index (χ2n) is 2.79. The van der Waals surface area contributed by atoms with Gasteiger partial charge in [-0.05, 0) is 6.42 Å². The molecule has 0 fully saturated rings. The summed E-state index contributed by atoms with van der Waals surface area (Å²) < 4.78 is 4.46. The van der Waals surface area contributed by atoms with Gasteiger partial charge in [0.2, 0.25) is 0 Å². The van der Waals surface area contributed by atoms with E-state index in [-0.39, 0.29) is 23.8 Å². The van der Waals surface area contributed by atoms with E-state index in [2.05, 4.69) is 28.0 Å². The largest absolute Gasteiger partial charge is 0.469 e. The van der Waals surface area contributed by atoms with E-state index in [1.807, 2.05) is 0 Å². The Labute approximate surface area is 87.3 Å². The fourth-order valence-electron chi connectivity index (χ4n) is 1.03. The number of ether oxygens (including phenoxy) is 1. The lowest BCUT2D eigenvalue weighted by Crippen LogP contribution is -2.44. The Morgan fingerprint density at radius 2 is 2.43 bits per heavy atom. The smallest absolute Gasteiger partial charge is 0.305 e. The number of hydrogen-bond acceptors (Lipinski definition) is 5. The van der Waals surface area contributed by atoms with Crippen LogP contribution in [0.1, 0.15) is 12.8 Å². The van der Waals surface area contributed by atoms with Gasteiger partial charge in [-0.15, -0.1) is 12.6 Å². The van der Waals surface area contributed by atoms with E-state index in [9.17, 15) is 9.59 Å². The topological polar surface area (TPSA) is 67.4 Å². The first-order valence-electron chi connectivity index (χ1n) is 4.14. The van der Waals surface area contributed by atoms with Crippen molar-refractivity contribution in [1.29, 1.82) is 0 Å². The highest BCUT2D eigenvalue weighted by Gasteiger charge is 2.18. The molecule has 0 aliphatic carbocycles. The van der Waals surface area contributed by atoms with Crippen molar-refractivity contribution in [3.05, 3.63) is 11.8 Å². The van der Waals surface area contributed by atoms with Crippen LogP contribution in [0.3, 0.4) is 0 Å². The molecule has 1 rings (SSSR count). The van der Waals surface area contributed by atoms with Gasteiger partial charge in [-0.1, -0.05) is 0 Å². The number of nitrogens with one attached hydrogen (secondary N) is 2. The Morgan fingerprint density at radius 1 is 1.71 bits per heavy atom. The van der Waals surface area contributed by atoms with Crippen LogP contribution in [0.4, 0.5) is 0 Å². The minimum Gasteiger partial charge on any atom is -0.469 e. The van der Waals surface area contributed by atoms with Crippen molar-refractivity contribution in [1.82, 2.24) is 10.6 Å². The lowest BCUT2D eigenvalue weighted by Gasteiger charge is -2.20. The first-order chi connectivity index (χ1) is 6.63. The van der Waals surface area contributed by atoms with Gasteiger partial charge >= 0.3 is 5.97 Å².